The van der Waals surface area contributed by atoms with Gasteiger partial charge in [0, 0.05) is 16.0 Å². The average molecular weight is 354 g/mol. The summed E-state index contributed by atoms with van der Waals surface area (Å²) in [6.07, 6.45) is 0.961. The Balaban J connectivity index is 2.74. The molecule has 1 N–H and O–H groups in total. The summed E-state index contributed by atoms with van der Waals surface area (Å²) in [5.41, 5.74) is 0.514. The molecule has 5 heteroatoms. The van der Waals surface area contributed by atoms with E-state index in [4.69, 9.17) is 16.3 Å². The van der Waals surface area contributed by atoms with Gasteiger partial charge in [0.15, 0.2) is 0 Å². The van der Waals surface area contributed by atoms with Gasteiger partial charge in [-0.3, -0.25) is 4.79 Å². The summed E-state index contributed by atoms with van der Waals surface area (Å²) < 4.78 is 6.13. The van der Waals surface area contributed by atoms with Crippen LogP contribution in [0.5, 0.6) is 5.75 Å². The highest BCUT2D eigenvalue weighted by molar-refractivity contribution is 14.1. The van der Waals surface area contributed by atoms with Crippen LogP contribution in [-0.2, 0) is 0 Å². The lowest BCUT2D eigenvalue weighted by molar-refractivity contribution is 0.0951. The highest BCUT2D eigenvalue weighted by atomic mass is 127. The molecule has 1 rings (SSSR count). The zero-order valence-corrected chi connectivity index (χ0v) is 11.8. The summed E-state index contributed by atoms with van der Waals surface area (Å²) in [4.78, 5) is 11.8. The number of halogens is 2. The third-order valence-corrected chi connectivity index (χ3v) is 3.00. The summed E-state index contributed by atoms with van der Waals surface area (Å²) in [7, 11) is 1.52. The maximum Gasteiger partial charge on any atom is 0.255 e. The van der Waals surface area contributed by atoms with Crippen LogP contribution in [0.1, 0.15) is 16.8 Å². The number of carbonyl (C=O) groups excluding carboxylic acids is 1. The van der Waals surface area contributed by atoms with Gasteiger partial charge < -0.3 is 10.1 Å². The molecule has 0 spiro atoms. The van der Waals surface area contributed by atoms with Crippen molar-refractivity contribution >= 4 is 40.1 Å². The largest absolute Gasteiger partial charge is 0.496 e. The third-order valence-electron chi connectivity index (χ3n) is 2.00. The minimum atomic E-state index is -0.127. The smallest absolute Gasteiger partial charge is 0.255 e. The fourth-order valence-corrected chi connectivity index (χ4v) is 1.76. The normalized spacial score (nSPS) is 9.94. The summed E-state index contributed by atoms with van der Waals surface area (Å²) >= 11 is 8.09. The number of carbonyl (C=O) groups is 1. The van der Waals surface area contributed by atoms with Crippen molar-refractivity contribution < 1.29 is 9.53 Å². The van der Waals surface area contributed by atoms with Crippen LogP contribution in [0.15, 0.2) is 18.2 Å². The number of hydrogen-bond acceptors (Lipinski definition) is 2. The van der Waals surface area contributed by atoms with Crippen LogP contribution in [0, 0.1) is 0 Å². The molecule has 1 aromatic carbocycles. The first-order valence-corrected chi connectivity index (χ1v) is 6.77. The summed E-state index contributed by atoms with van der Waals surface area (Å²) in [5.74, 6) is 0.373. The Kier molecular flexibility index (Phi) is 5.90. The molecule has 0 aromatic heterocycles. The molecule has 0 radical (unpaired) electrons. The number of rotatable bonds is 5. The molecule has 0 aliphatic heterocycles. The predicted octanol–water partition coefficient (Wildman–Crippen LogP) is 2.90. The second kappa shape index (κ2) is 6.96. The van der Waals surface area contributed by atoms with Crippen molar-refractivity contribution in [3.05, 3.63) is 28.8 Å². The number of alkyl halides is 1. The van der Waals surface area contributed by atoms with Crippen LogP contribution in [0.2, 0.25) is 5.02 Å². The lowest BCUT2D eigenvalue weighted by Crippen LogP contribution is -2.25. The van der Waals surface area contributed by atoms with Crippen molar-refractivity contribution in [1.29, 1.82) is 0 Å². The maximum absolute atomic E-state index is 11.8. The predicted molar refractivity (Wildman–Crippen MR) is 73.8 cm³/mol. The Hall–Kier alpha value is -0.490. The van der Waals surface area contributed by atoms with Gasteiger partial charge in [-0.1, -0.05) is 34.2 Å². The lowest BCUT2D eigenvalue weighted by atomic mass is 10.2. The Bertz CT molecular complexity index is 371. The van der Waals surface area contributed by atoms with Crippen molar-refractivity contribution in [2.75, 3.05) is 18.1 Å². The van der Waals surface area contributed by atoms with Crippen LogP contribution >= 0.6 is 34.2 Å². The summed E-state index contributed by atoms with van der Waals surface area (Å²) in [6, 6.07) is 4.98. The Morgan fingerprint density at radius 2 is 2.31 bits per heavy atom. The van der Waals surface area contributed by atoms with Crippen molar-refractivity contribution in [3.8, 4) is 5.75 Å². The number of ether oxygens (including phenoxy) is 1. The lowest BCUT2D eigenvalue weighted by Gasteiger charge is -2.09. The van der Waals surface area contributed by atoms with Crippen LogP contribution < -0.4 is 10.1 Å². The monoisotopic (exact) mass is 353 g/mol. The van der Waals surface area contributed by atoms with E-state index in [-0.39, 0.29) is 5.91 Å². The molecule has 0 saturated carbocycles. The molecule has 0 fully saturated rings. The van der Waals surface area contributed by atoms with Gasteiger partial charge in [-0.25, -0.2) is 0 Å². The average Bonchev–Trinajstić information content (AvgIpc) is 2.29. The molecule has 0 heterocycles. The van der Waals surface area contributed by atoms with Crippen LogP contribution in [0.4, 0.5) is 0 Å². The first-order valence-electron chi connectivity index (χ1n) is 4.86. The second-order valence-corrected chi connectivity index (χ2v) is 4.66. The number of nitrogens with one attached hydrogen (secondary N) is 1. The van der Waals surface area contributed by atoms with Crippen LogP contribution in [0.25, 0.3) is 0 Å². The van der Waals surface area contributed by atoms with E-state index >= 15 is 0 Å². The highest BCUT2D eigenvalue weighted by Crippen LogP contribution is 2.22. The van der Waals surface area contributed by atoms with E-state index in [2.05, 4.69) is 27.9 Å². The molecule has 0 unspecified atom stereocenters. The molecule has 0 bridgehead atoms. The van der Waals surface area contributed by atoms with E-state index in [1.165, 1.54) is 7.11 Å². The first-order chi connectivity index (χ1) is 7.69. The molecular weight excluding hydrogens is 340 g/mol. The second-order valence-electron chi connectivity index (χ2n) is 3.14. The van der Waals surface area contributed by atoms with Gasteiger partial charge >= 0.3 is 0 Å². The number of amides is 1. The zero-order chi connectivity index (χ0) is 12.0. The number of benzene rings is 1. The van der Waals surface area contributed by atoms with Crippen LogP contribution in [-0.4, -0.2) is 24.0 Å². The molecule has 1 aromatic rings. The quantitative estimate of drug-likeness (QED) is 0.502. The highest BCUT2D eigenvalue weighted by Gasteiger charge is 2.11. The van der Waals surface area contributed by atoms with Crippen molar-refractivity contribution in [2.24, 2.45) is 0 Å². The van der Waals surface area contributed by atoms with E-state index in [1.807, 2.05) is 0 Å². The van der Waals surface area contributed by atoms with Crippen molar-refractivity contribution in [2.45, 2.75) is 6.42 Å². The topological polar surface area (TPSA) is 38.3 Å². The molecule has 0 aliphatic carbocycles. The standard InChI is InChI=1S/C11H13ClINO2/c1-16-10-7-8(12)3-4-9(10)11(15)14-6-2-5-13/h3-4,7H,2,5-6H2,1H3,(H,14,15). The third kappa shape index (κ3) is 3.83. The number of hydrogen-bond donors (Lipinski definition) is 1. The Morgan fingerprint density at radius 1 is 1.56 bits per heavy atom. The molecule has 16 heavy (non-hydrogen) atoms. The fraction of sp³-hybridized carbons (Fsp3) is 0.364. The SMILES string of the molecule is COc1cc(Cl)ccc1C(=O)NCCCI. The minimum Gasteiger partial charge on any atom is -0.496 e. The maximum atomic E-state index is 11.8. The van der Waals surface area contributed by atoms with Crippen molar-refractivity contribution in [3.63, 3.8) is 0 Å². The van der Waals surface area contributed by atoms with Crippen molar-refractivity contribution in [1.82, 2.24) is 5.32 Å². The van der Waals surface area contributed by atoms with Crippen LogP contribution in [0.3, 0.4) is 0 Å². The van der Waals surface area contributed by atoms with Gasteiger partial charge in [0.05, 0.1) is 12.7 Å². The molecular formula is C11H13ClINO2. The minimum absolute atomic E-state index is 0.127. The van der Waals surface area contributed by atoms with E-state index in [0.29, 0.717) is 22.9 Å². The van der Waals surface area contributed by atoms with Gasteiger partial charge in [-0.05, 0) is 24.6 Å². The molecule has 88 valence electrons. The Labute approximate surface area is 114 Å². The molecule has 3 nitrogen and oxygen atoms in total. The van der Waals surface area contributed by atoms with E-state index in [0.717, 1.165) is 10.8 Å². The van der Waals surface area contributed by atoms with Gasteiger partial charge in [0.25, 0.3) is 5.91 Å². The van der Waals surface area contributed by atoms with E-state index < -0.39 is 0 Å². The fourth-order valence-electron chi connectivity index (χ4n) is 1.22. The molecule has 1 amide bonds. The van der Waals surface area contributed by atoms with Gasteiger partial charge in [-0.2, -0.15) is 0 Å². The first kappa shape index (κ1) is 13.6. The van der Waals surface area contributed by atoms with Gasteiger partial charge in [0.1, 0.15) is 5.75 Å². The Morgan fingerprint density at radius 3 is 2.94 bits per heavy atom. The molecule has 0 aliphatic rings. The number of methoxy groups -OCH3 is 1. The summed E-state index contributed by atoms with van der Waals surface area (Å²) in [6.45, 7) is 0.674. The van der Waals surface area contributed by atoms with E-state index in [1.54, 1.807) is 18.2 Å². The van der Waals surface area contributed by atoms with Gasteiger partial charge in [-0.15, -0.1) is 0 Å². The summed E-state index contributed by atoms with van der Waals surface area (Å²) in [5, 5.41) is 3.38. The molecule has 0 atom stereocenters. The van der Waals surface area contributed by atoms with E-state index in [9.17, 15) is 4.79 Å². The zero-order valence-electron chi connectivity index (χ0n) is 8.93. The van der Waals surface area contributed by atoms with Gasteiger partial charge in [0.2, 0.25) is 0 Å². The molecule has 0 saturated heterocycles.